The Kier molecular flexibility index (Phi) is 12.6. The highest BCUT2D eigenvalue weighted by molar-refractivity contribution is 14.0. The molecule has 1 aromatic rings. The third-order valence-corrected chi connectivity index (χ3v) is 5.87. The van der Waals surface area contributed by atoms with E-state index in [9.17, 15) is 8.42 Å². The zero-order chi connectivity index (χ0) is 18.0. The van der Waals surface area contributed by atoms with Gasteiger partial charge in [-0.25, -0.2) is 22.7 Å². The first-order valence-electron chi connectivity index (χ1n) is 8.31. The lowest BCUT2D eigenvalue weighted by atomic mass is 10.4. The molecular formula is C15H30IN5O2S2. The molecule has 7 nitrogen and oxygen atoms in total. The largest absolute Gasteiger partial charge is 0.357 e. The van der Waals surface area contributed by atoms with Crippen LogP contribution in [-0.2, 0) is 23.0 Å². The molecule has 25 heavy (non-hydrogen) atoms. The van der Waals surface area contributed by atoms with Crippen LogP contribution in [0.3, 0.4) is 0 Å². The van der Waals surface area contributed by atoms with Crippen LogP contribution >= 0.6 is 35.3 Å². The van der Waals surface area contributed by atoms with E-state index in [1.54, 1.807) is 11.3 Å². The summed E-state index contributed by atoms with van der Waals surface area (Å²) in [6, 6.07) is 0. The maximum Gasteiger partial charge on any atom is 0.211 e. The number of halogens is 1. The minimum atomic E-state index is -3.12. The Morgan fingerprint density at radius 3 is 2.56 bits per heavy atom. The molecule has 0 aliphatic carbocycles. The smallest absolute Gasteiger partial charge is 0.211 e. The SMILES string of the molecule is CCNC(=NCc1ncc(CC)s1)NCCCN(CC)S(C)(=O)=O.I. The monoisotopic (exact) mass is 503 g/mol. The van der Waals surface area contributed by atoms with Crippen LogP contribution in [0.1, 0.15) is 37.1 Å². The predicted octanol–water partition coefficient (Wildman–Crippen LogP) is 2.05. The molecule has 146 valence electrons. The van der Waals surface area contributed by atoms with Crippen LogP contribution < -0.4 is 10.6 Å². The molecule has 0 bridgehead atoms. The van der Waals surface area contributed by atoms with E-state index in [0.717, 1.165) is 30.4 Å². The fraction of sp³-hybridized carbons (Fsp3) is 0.733. The van der Waals surface area contributed by atoms with Crippen LogP contribution in [0.4, 0.5) is 0 Å². The fourth-order valence-corrected chi connectivity index (χ4v) is 3.81. The summed E-state index contributed by atoms with van der Waals surface area (Å²) in [6.45, 7) is 8.96. The Bertz CT molecular complexity index is 619. The summed E-state index contributed by atoms with van der Waals surface area (Å²) in [6.07, 6.45) is 4.87. The van der Waals surface area contributed by atoms with Gasteiger partial charge in [-0.1, -0.05) is 13.8 Å². The topological polar surface area (TPSA) is 86.7 Å². The molecule has 0 spiro atoms. The summed E-state index contributed by atoms with van der Waals surface area (Å²) >= 11 is 1.68. The average Bonchev–Trinajstić information content (AvgIpc) is 2.99. The van der Waals surface area contributed by atoms with Crippen molar-refractivity contribution in [2.24, 2.45) is 4.99 Å². The van der Waals surface area contributed by atoms with Gasteiger partial charge in [-0.3, -0.25) is 0 Å². The fourth-order valence-electron chi connectivity index (χ4n) is 2.09. The number of aliphatic imine (C=N–C) groups is 1. The lowest BCUT2D eigenvalue weighted by molar-refractivity contribution is 0.424. The summed E-state index contributed by atoms with van der Waals surface area (Å²) in [5.41, 5.74) is 0. The number of rotatable bonds is 10. The van der Waals surface area contributed by atoms with Crippen molar-refractivity contribution in [3.8, 4) is 0 Å². The Labute approximate surface area is 172 Å². The van der Waals surface area contributed by atoms with E-state index in [2.05, 4.69) is 27.5 Å². The second-order valence-electron chi connectivity index (χ2n) is 5.30. The Morgan fingerprint density at radius 1 is 1.32 bits per heavy atom. The van der Waals surface area contributed by atoms with Gasteiger partial charge in [0, 0.05) is 37.3 Å². The minimum absolute atomic E-state index is 0. The van der Waals surface area contributed by atoms with Crippen molar-refractivity contribution in [1.29, 1.82) is 0 Å². The Balaban J connectivity index is 0.00000576. The number of nitrogens with one attached hydrogen (secondary N) is 2. The Hall–Kier alpha value is -0.460. The molecule has 2 N–H and O–H groups in total. The van der Waals surface area contributed by atoms with E-state index in [4.69, 9.17) is 0 Å². The van der Waals surface area contributed by atoms with Gasteiger partial charge in [0.2, 0.25) is 10.0 Å². The molecule has 0 saturated heterocycles. The summed E-state index contributed by atoms with van der Waals surface area (Å²) in [5, 5.41) is 7.43. The molecule has 0 aliphatic heterocycles. The first-order valence-corrected chi connectivity index (χ1v) is 11.0. The maximum absolute atomic E-state index is 11.5. The molecule has 0 unspecified atom stereocenters. The molecule has 0 fully saturated rings. The van der Waals surface area contributed by atoms with Crippen LogP contribution in [0.5, 0.6) is 0 Å². The lowest BCUT2D eigenvalue weighted by Crippen LogP contribution is -2.39. The maximum atomic E-state index is 11.5. The number of aromatic nitrogens is 1. The van der Waals surface area contributed by atoms with Crippen LogP contribution in [0.25, 0.3) is 0 Å². The van der Waals surface area contributed by atoms with E-state index in [0.29, 0.717) is 26.2 Å². The number of aryl methyl sites for hydroxylation is 1. The molecule has 0 saturated carbocycles. The normalized spacial score (nSPS) is 12.1. The summed E-state index contributed by atoms with van der Waals surface area (Å²) < 4.78 is 24.6. The van der Waals surface area contributed by atoms with Gasteiger partial charge >= 0.3 is 0 Å². The second kappa shape index (κ2) is 12.8. The molecule has 0 atom stereocenters. The zero-order valence-corrected chi connectivity index (χ0v) is 19.4. The lowest BCUT2D eigenvalue weighted by Gasteiger charge is -2.18. The quantitative estimate of drug-likeness (QED) is 0.221. The van der Waals surface area contributed by atoms with Gasteiger partial charge in [0.25, 0.3) is 0 Å². The van der Waals surface area contributed by atoms with Gasteiger partial charge in [0.05, 0.1) is 12.8 Å². The molecule has 0 radical (unpaired) electrons. The van der Waals surface area contributed by atoms with E-state index in [1.807, 2.05) is 20.0 Å². The molecular weight excluding hydrogens is 473 g/mol. The Morgan fingerprint density at radius 2 is 2.04 bits per heavy atom. The van der Waals surface area contributed by atoms with Crippen molar-refractivity contribution in [2.45, 2.75) is 40.2 Å². The highest BCUT2D eigenvalue weighted by atomic mass is 127. The van der Waals surface area contributed by atoms with Gasteiger partial charge in [-0.15, -0.1) is 35.3 Å². The van der Waals surface area contributed by atoms with Crippen molar-refractivity contribution in [2.75, 3.05) is 32.4 Å². The third kappa shape index (κ3) is 9.71. The van der Waals surface area contributed by atoms with Crippen molar-refractivity contribution >= 4 is 51.3 Å². The van der Waals surface area contributed by atoms with Crippen LogP contribution in [0.15, 0.2) is 11.2 Å². The highest BCUT2D eigenvalue weighted by Gasteiger charge is 2.13. The number of thiazole rings is 1. The van der Waals surface area contributed by atoms with Crippen LogP contribution in [-0.4, -0.2) is 56.1 Å². The van der Waals surface area contributed by atoms with Crippen LogP contribution in [0, 0.1) is 0 Å². The summed E-state index contributed by atoms with van der Waals surface area (Å²) in [7, 11) is -3.12. The number of hydrogen-bond acceptors (Lipinski definition) is 5. The van der Waals surface area contributed by atoms with E-state index >= 15 is 0 Å². The van der Waals surface area contributed by atoms with Gasteiger partial charge in [-0.2, -0.15) is 0 Å². The molecule has 0 amide bonds. The first kappa shape index (κ1) is 24.5. The summed E-state index contributed by atoms with van der Waals surface area (Å²) in [5.74, 6) is 0.730. The third-order valence-electron chi connectivity index (χ3n) is 3.37. The number of nitrogens with zero attached hydrogens (tertiary/aromatic N) is 3. The summed E-state index contributed by atoms with van der Waals surface area (Å²) in [4.78, 5) is 10.1. The average molecular weight is 503 g/mol. The number of guanidine groups is 1. The predicted molar refractivity (Wildman–Crippen MR) is 116 cm³/mol. The molecule has 10 heteroatoms. The first-order chi connectivity index (χ1) is 11.4. The molecule has 1 heterocycles. The van der Waals surface area contributed by atoms with Gasteiger partial charge < -0.3 is 10.6 Å². The van der Waals surface area contributed by atoms with Crippen molar-refractivity contribution in [1.82, 2.24) is 19.9 Å². The van der Waals surface area contributed by atoms with Crippen molar-refractivity contribution in [3.63, 3.8) is 0 Å². The standard InChI is InChI=1S/C15H29N5O2S2.HI/c1-5-13-11-18-14(23-13)12-19-15(16-6-2)17-9-8-10-20(7-3)24(4,21)22;/h11H,5-10,12H2,1-4H3,(H2,16,17,19);1H. The van der Waals surface area contributed by atoms with Crippen LogP contribution in [0.2, 0.25) is 0 Å². The highest BCUT2D eigenvalue weighted by Crippen LogP contribution is 2.13. The molecule has 1 aromatic heterocycles. The number of sulfonamides is 1. The van der Waals surface area contributed by atoms with E-state index in [1.165, 1.54) is 15.4 Å². The van der Waals surface area contributed by atoms with Crippen molar-refractivity contribution < 1.29 is 8.42 Å². The van der Waals surface area contributed by atoms with Gasteiger partial charge in [-0.05, 0) is 19.8 Å². The van der Waals surface area contributed by atoms with E-state index < -0.39 is 10.0 Å². The van der Waals surface area contributed by atoms with Gasteiger partial charge in [0.15, 0.2) is 5.96 Å². The molecule has 0 aliphatic rings. The molecule has 0 aromatic carbocycles. The molecule has 1 rings (SSSR count). The second-order valence-corrected chi connectivity index (χ2v) is 8.49. The minimum Gasteiger partial charge on any atom is -0.357 e. The number of hydrogen-bond donors (Lipinski definition) is 2. The van der Waals surface area contributed by atoms with Crippen molar-refractivity contribution in [3.05, 3.63) is 16.1 Å². The van der Waals surface area contributed by atoms with Gasteiger partial charge in [0.1, 0.15) is 5.01 Å². The zero-order valence-electron chi connectivity index (χ0n) is 15.4. The van der Waals surface area contributed by atoms with E-state index in [-0.39, 0.29) is 24.0 Å².